The van der Waals surface area contributed by atoms with Crippen LogP contribution in [0.2, 0.25) is 0 Å². The fourth-order valence-corrected chi connectivity index (χ4v) is 4.45. The number of carbonyl (C=O) groups excluding carboxylic acids is 2. The number of H-pyrrole nitrogens is 1. The van der Waals surface area contributed by atoms with Gasteiger partial charge in [0.1, 0.15) is 0 Å². The predicted molar refractivity (Wildman–Crippen MR) is 142 cm³/mol. The molecule has 0 saturated carbocycles. The fourth-order valence-electron chi connectivity index (χ4n) is 4.45. The van der Waals surface area contributed by atoms with Crippen LogP contribution < -0.4 is 15.1 Å². The molecule has 1 saturated heterocycles. The molecule has 0 atom stereocenters. The van der Waals surface area contributed by atoms with E-state index in [1.54, 1.807) is 30.4 Å². The number of hydrogen-bond acceptors (Lipinski definition) is 5. The van der Waals surface area contributed by atoms with Crippen molar-refractivity contribution in [1.82, 2.24) is 20.1 Å². The van der Waals surface area contributed by atoms with E-state index in [-0.39, 0.29) is 11.9 Å². The number of fused-ring (bicyclic) bond motifs is 1. The monoisotopic (exact) mass is 483 g/mol. The number of aromatic nitrogens is 3. The maximum absolute atomic E-state index is 13.7. The lowest BCUT2D eigenvalue weighted by Gasteiger charge is -2.25. The van der Waals surface area contributed by atoms with Gasteiger partial charge in [-0.3, -0.25) is 19.8 Å². The number of likely N-dealkylation sites (tertiary alicyclic amines) is 1. The highest BCUT2D eigenvalue weighted by atomic mass is 16.2. The quantitative estimate of drug-likeness (QED) is 0.407. The van der Waals surface area contributed by atoms with Crippen LogP contribution in [0.25, 0.3) is 10.9 Å². The first-order valence-electron chi connectivity index (χ1n) is 12.1. The number of anilines is 3. The van der Waals surface area contributed by atoms with Crippen molar-refractivity contribution in [2.24, 2.45) is 0 Å². The minimum Gasteiger partial charge on any atom is -0.308 e. The van der Waals surface area contributed by atoms with Gasteiger partial charge in [0.25, 0.3) is 5.91 Å². The molecular weight excluding hydrogens is 454 g/mol. The first kappa shape index (κ1) is 23.5. The Morgan fingerprint density at radius 3 is 2.53 bits per heavy atom. The molecule has 36 heavy (non-hydrogen) atoms. The third-order valence-corrected chi connectivity index (χ3v) is 6.52. The summed E-state index contributed by atoms with van der Waals surface area (Å²) in [6.45, 7) is 3.46. The molecule has 2 aromatic heterocycles. The van der Waals surface area contributed by atoms with Crippen LogP contribution in [-0.4, -0.2) is 65.2 Å². The van der Waals surface area contributed by atoms with Gasteiger partial charge in [-0.05, 0) is 68.4 Å². The minimum atomic E-state index is -0.277. The maximum Gasteiger partial charge on any atom is 0.326 e. The minimum absolute atomic E-state index is 0.153. The highest BCUT2D eigenvalue weighted by Gasteiger charge is 2.24. The topological polar surface area (TPSA) is 97.5 Å². The summed E-state index contributed by atoms with van der Waals surface area (Å²) in [5, 5.41) is 11.0. The van der Waals surface area contributed by atoms with Crippen molar-refractivity contribution in [3.05, 3.63) is 78.8 Å². The number of benzene rings is 2. The maximum atomic E-state index is 13.7. The zero-order valence-corrected chi connectivity index (χ0v) is 20.2. The molecule has 3 amide bonds. The Labute approximate surface area is 209 Å². The van der Waals surface area contributed by atoms with Gasteiger partial charge in [-0.15, -0.1) is 0 Å². The Kier molecular flexibility index (Phi) is 6.90. The third kappa shape index (κ3) is 5.06. The van der Waals surface area contributed by atoms with Crippen LogP contribution in [0.5, 0.6) is 0 Å². The van der Waals surface area contributed by atoms with Crippen LogP contribution in [0.1, 0.15) is 23.3 Å². The van der Waals surface area contributed by atoms with E-state index in [0.29, 0.717) is 23.6 Å². The molecule has 1 aliphatic heterocycles. The molecule has 5 rings (SSSR count). The fraction of sp³-hybridized carbons (Fsp3) is 0.259. The Morgan fingerprint density at radius 2 is 1.78 bits per heavy atom. The van der Waals surface area contributed by atoms with Crippen molar-refractivity contribution in [1.29, 1.82) is 0 Å². The van der Waals surface area contributed by atoms with Crippen molar-refractivity contribution >= 4 is 39.9 Å². The number of carbonyl (C=O) groups is 2. The summed E-state index contributed by atoms with van der Waals surface area (Å²) in [4.78, 5) is 36.1. The van der Waals surface area contributed by atoms with Crippen LogP contribution in [-0.2, 0) is 0 Å². The first-order valence-corrected chi connectivity index (χ1v) is 12.1. The zero-order chi connectivity index (χ0) is 24.9. The number of para-hydroxylation sites is 1. The number of rotatable bonds is 7. The molecule has 0 unspecified atom stereocenters. The van der Waals surface area contributed by atoms with Gasteiger partial charge in [-0.2, -0.15) is 5.10 Å². The lowest BCUT2D eigenvalue weighted by Crippen LogP contribution is -2.38. The second-order valence-electron chi connectivity index (χ2n) is 8.87. The lowest BCUT2D eigenvalue weighted by atomic mass is 10.1. The molecular formula is C27H29N7O2. The summed E-state index contributed by atoms with van der Waals surface area (Å²) in [6.07, 6.45) is 5.68. The summed E-state index contributed by atoms with van der Waals surface area (Å²) < 4.78 is 0. The second kappa shape index (κ2) is 10.6. The largest absolute Gasteiger partial charge is 0.326 e. The van der Waals surface area contributed by atoms with Gasteiger partial charge < -0.3 is 15.1 Å². The van der Waals surface area contributed by atoms with Gasteiger partial charge >= 0.3 is 6.03 Å². The van der Waals surface area contributed by atoms with E-state index >= 15 is 0 Å². The van der Waals surface area contributed by atoms with Crippen LogP contribution in [0.3, 0.4) is 0 Å². The van der Waals surface area contributed by atoms with E-state index in [0.717, 1.165) is 36.2 Å². The molecule has 1 aliphatic rings. The number of nitrogens with zero attached hydrogens (tertiary/aromatic N) is 5. The Balaban J connectivity index is 1.35. The van der Waals surface area contributed by atoms with Crippen LogP contribution in [0, 0.1) is 0 Å². The molecule has 2 aromatic carbocycles. The average molecular weight is 484 g/mol. The van der Waals surface area contributed by atoms with Crippen molar-refractivity contribution in [2.45, 2.75) is 12.8 Å². The van der Waals surface area contributed by atoms with E-state index in [1.165, 1.54) is 17.7 Å². The number of hydrogen-bond donors (Lipinski definition) is 2. The molecule has 1 fully saturated rings. The number of nitrogens with one attached hydrogen (secondary N) is 2. The van der Waals surface area contributed by atoms with Crippen molar-refractivity contribution in [3.8, 4) is 0 Å². The van der Waals surface area contributed by atoms with E-state index in [9.17, 15) is 9.59 Å². The highest BCUT2D eigenvalue weighted by molar-refractivity contribution is 6.12. The lowest BCUT2D eigenvalue weighted by molar-refractivity contribution is 0.0981. The third-order valence-electron chi connectivity index (χ3n) is 6.52. The van der Waals surface area contributed by atoms with Crippen LogP contribution in [0.15, 0.2) is 73.1 Å². The summed E-state index contributed by atoms with van der Waals surface area (Å²) >= 11 is 0. The van der Waals surface area contributed by atoms with Gasteiger partial charge in [-0.25, -0.2) is 4.79 Å². The molecule has 0 aliphatic carbocycles. The SMILES string of the molecule is CN(C(=O)Nc1ccc(N(CCN2CCCC2)C(=O)c2n[nH]c3ccccc23)cc1)c1cccnc1. The predicted octanol–water partition coefficient (Wildman–Crippen LogP) is 4.37. The summed E-state index contributed by atoms with van der Waals surface area (Å²) in [6, 6.07) is 18.3. The standard InChI is InChI=1S/C27H29N7O2/c1-32(22-7-6-14-28-19-22)27(36)29-20-10-12-21(13-11-20)34(18-17-33-15-4-5-16-33)26(35)25-23-8-2-3-9-24(23)30-31-25/h2-3,6-14,19H,4-5,15-18H2,1H3,(H,29,36)(H,30,31). The number of urea groups is 1. The molecule has 9 nitrogen and oxygen atoms in total. The normalized spacial score (nSPS) is 13.6. The molecule has 2 N–H and O–H groups in total. The Bertz CT molecular complexity index is 1330. The molecule has 9 heteroatoms. The average Bonchev–Trinajstić information content (AvgIpc) is 3.60. The zero-order valence-electron chi connectivity index (χ0n) is 20.2. The van der Waals surface area contributed by atoms with Gasteiger partial charge in [0, 0.05) is 43.1 Å². The number of amides is 3. The van der Waals surface area contributed by atoms with E-state index in [4.69, 9.17) is 0 Å². The molecule has 0 bridgehead atoms. The van der Waals surface area contributed by atoms with E-state index < -0.39 is 0 Å². The summed E-state index contributed by atoms with van der Waals surface area (Å²) in [5.74, 6) is -0.153. The smallest absolute Gasteiger partial charge is 0.308 e. The van der Waals surface area contributed by atoms with Crippen molar-refractivity contribution in [2.75, 3.05) is 48.3 Å². The number of pyridine rings is 1. The molecule has 0 radical (unpaired) electrons. The Hall–Kier alpha value is -4.24. The number of aromatic amines is 1. The summed E-state index contributed by atoms with van der Waals surface area (Å²) in [5.41, 5.74) is 3.32. The molecule has 184 valence electrons. The van der Waals surface area contributed by atoms with Gasteiger partial charge in [0.15, 0.2) is 5.69 Å². The molecule has 3 heterocycles. The van der Waals surface area contributed by atoms with Gasteiger partial charge in [0.2, 0.25) is 0 Å². The highest BCUT2D eigenvalue weighted by Crippen LogP contribution is 2.24. The summed E-state index contributed by atoms with van der Waals surface area (Å²) in [7, 11) is 1.69. The van der Waals surface area contributed by atoms with Crippen LogP contribution >= 0.6 is 0 Å². The molecule has 4 aromatic rings. The van der Waals surface area contributed by atoms with Crippen molar-refractivity contribution in [3.63, 3.8) is 0 Å². The van der Waals surface area contributed by atoms with E-state index in [1.807, 2.05) is 54.6 Å². The van der Waals surface area contributed by atoms with E-state index in [2.05, 4.69) is 25.4 Å². The Morgan fingerprint density at radius 1 is 1.00 bits per heavy atom. The van der Waals surface area contributed by atoms with Gasteiger partial charge in [0.05, 0.1) is 17.4 Å². The van der Waals surface area contributed by atoms with Gasteiger partial charge in [-0.1, -0.05) is 18.2 Å². The molecule has 0 spiro atoms. The first-order chi connectivity index (χ1) is 17.6. The van der Waals surface area contributed by atoms with Crippen molar-refractivity contribution < 1.29 is 9.59 Å². The second-order valence-corrected chi connectivity index (χ2v) is 8.87. The van der Waals surface area contributed by atoms with Crippen LogP contribution in [0.4, 0.5) is 21.9 Å².